The van der Waals surface area contributed by atoms with Crippen LogP contribution in [0.3, 0.4) is 0 Å². The number of rotatable bonds is 10. The van der Waals surface area contributed by atoms with Crippen LogP contribution in [0.4, 0.5) is 11.6 Å². The van der Waals surface area contributed by atoms with Gasteiger partial charge in [0.25, 0.3) is 0 Å². The molecule has 0 aliphatic carbocycles. The van der Waals surface area contributed by atoms with Crippen LogP contribution in [0.5, 0.6) is 0 Å². The molecule has 0 spiro atoms. The van der Waals surface area contributed by atoms with Gasteiger partial charge in [-0.25, -0.2) is 9.97 Å². The Morgan fingerprint density at radius 1 is 1.05 bits per heavy atom. The van der Waals surface area contributed by atoms with E-state index in [-0.39, 0.29) is 0 Å². The van der Waals surface area contributed by atoms with E-state index in [4.69, 9.17) is 5.73 Å². The van der Waals surface area contributed by atoms with E-state index in [2.05, 4.69) is 101 Å². The summed E-state index contributed by atoms with van der Waals surface area (Å²) in [5.41, 5.74) is 14.3. The van der Waals surface area contributed by atoms with Crippen molar-refractivity contribution >= 4 is 17.2 Å². The third kappa shape index (κ3) is 17.6. The predicted octanol–water partition coefficient (Wildman–Crippen LogP) is 9.42. The minimum atomic E-state index is 0.534. The molecule has 0 aliphatic heterocycles. The van der Waals surface area contributed by atoms with E-state index in [0.29, 0.717) is 11.6 Å². The van der Waals surface area contributed by atoms with E-state index in [0.717, 1.165) is 41.4 Å². The second-order valence-corrected chi connectivity index (χ2v) is 11.0. The fraction of sp³-hybridized carbons (Fsp3) is 0.389. The molecule has 1 heterocycles. The maximum Gasteiger partial charge on any atom is 0.227 e. The Bertz CT molecular complexity index is 1190. The van der Waals surface area contributed by atoms with Crippen LogP contribution in [0.25, 0.3) is 5.57 Å². The largest absolute Gasteiger partial charge is 0.398 e. The molecule has 5 nitrogen and oxygen atoms in total. The van der Waals surface area contributed by atoms with Crippen LogP contribution in [0.1, 0.15) is 73.1 Å². The SMILES string of the molecule is C/C=C\C(=C/CC)CN(C)C.C=CC(=C\C=C(C)C)/C(N)=C(/C)c1ccnc(Nc2ccc(C)cc2)n1.CC(C)C. The van der Waals surface area contributed by atoms with Gasteiger partial charge in [0.05, 0.1) is 5.69 Å². The number of nitrogens with one attached hydrogen (secondary N) is 1. The van der Waals surface area contributed by atoms with Gasteiger partial charge < -0.3 is 16.0 Å². The van der Waals surface area contributed by atoms with Crippen LogP contribution < -0.4 is 11.1 Å². The molecule has 1 aromatic heterocycles. The monoisotopic (exact) mass is 557 g/mol. The minimum absolute atomic E-state index is 0.534. The molecular formula is C36H55N5. The average Bonchev–Trinajstić information content (AvgIpc) is 2.90. The molecular weight excluding hydrogens is 502 g/mol. The van der Waals surface area contributed by atoms with E-state index < -0.39 is 0 Å². The van der Waals surface area contributed by atoms with Crippen LogP contribution in [-0.2, 0) is 0 Å². The van der Waals surface area contributed by atoms with Crippen molar-refractivity contribution in [2.45, 2.75) is 68.7 Å². The minimum Gasteiger partial charge on any atom is -0.398 e. The van der Waals surface area contributed by atoms with Crippen LogP contribution in [0.15, 0.2) is 102 Å². The van der Waals surface area contributed by atoms with Crippen molar-refractivity contribution in [3.63, 3.8) is 0 Å². The Morgan fingerprint density at radius 2 is 1.66 bits per heavy atom. The van der Waals surface area contributed by atoms with Crippen LogP contribution in [0, 0.1) is 12.8 Å². The Kier molecular flexibility index (Phi) is 19.2. The van der Waals surface area contributed by atoms with Crippen molar-refractivity contribution in [1.82, 2.24) is 14.9 Å². The summed E-state index contributed by atoms with van der Waals surface area (Å²) in [7, 11) is 4.18. The maximum absolute atomic E-state index is 6.34. The second kappa shape index (κ2) is 21.1. The van der Waals surface area contributed by atoms with E-state index in [1.54, 1.807) is 12.3 Å². The molecule has 41 heavy (non-hydrogen) atoms. The van der Waals surface area contributed by atoms with Gasteiger partial charge in [-0.15, -0.1) is 0 Å². The summed E-state index contributed by atoms with van der Waals surface area (Å²) in [5, 5.41) is 3.22. The number of anilines is 2. The molecule has 2 aromatic rings. The number of hydrogen-bond donors (Lipinski definition) is 2. The number of likely N-dealkylation sites (N-methyl/N-ethyl adjacent to an activating group) is 1. The molecule has 0 amide bonds. The first-order chi connectivity index (χ1) is 19.3. The van der Waals surface area contributed by atoms with Crippen molar-refractivity contribution < 1.29 is 0 Å². The highest BCUT2D eigenvalue weighted by Crippen LogP contribution is 2.21. The van der Waals surface area contributed by atoms with Gasteiger partial charge in [-0.3, -0.25) is 0 Å². The molecule has 0 radical (unpaired) electrons. The number of aryl methyl sites for hydroxylation is 1. The summed E-state index contributed by atoms with van der Waals surface area (Å²) >= 11 is 0. The first-order valence-corrected chi connectivity index (χ1v) is 14.4. The number of allylic oxidation sites excluding steroid dienone is 7. The molecule has 224 valence electrons. The molecule has 0 unspecified atom stereocenters. The second-order valence-electron chi connectivity index (χ2n) is 11.0. The lowest BCUT2D eigenvalue weighted by Crippen LogP contribution is -2.14. The third-order valence-corrected chi connectivity index (χ3v) is 5.22. The Hall–Kier alpha value is -3.70. The zero-order chi connectivity index (χ0) is 31.4. The van der Waals surface area contributed by atoms with Crippen molar-refractivity contribution in [3.8, 4) is 0 Å². The van der Waals surface area contributed by atoms with Gasteiger partial charge in [-0.05, 0) is 96.0 Å². The maximum atomic E-state index is 6.34. The Balaban J connectivity index is 0.000000886. The number of benzene rings is 1. The molecule has 0 bridgehead atoms. The highest BCUT2D eigenvalue weighted by molar-refractivity contribution is 5.70. The lowest BCUT2D eigenvalue weighted by Gasteiger charge is -2.10. The molecule has 2 rings (SSSR count). The summed E-state index contributed by atoms with van der Waals surface area (Å²) in [6.07, 6.45) is 15.1. The van der Waals surface area contributed by atoms with Gasteiger partial charge in [0.1, 0.15) is 0 Å². The summed E-state index contributed by atoms with van der Waals surface area (Å²) in [6, 6.07) is 9.93. The summed E-state index contributed by atoms with van der Waals surface area (Å²) in [4.78, 5) is 11.1. The van der Waals surface area contributed by atoms with Crippen LogP contribution in [-0.4, -0.2) is 35.5 Å². The van der Waals surface area contributed by atoms with Gasteiger partial charge >= 0.3 is 0 Å². The smallest absolute Gasteiger partial charge is 0.227 e. The van der Waals surface area contributed by atoms with Gasteiger partial charge in [0.15, 0.2) is 0 Å². The molecule has 0 fully saturated rings. The van der Waals surface area contributed by atoms with Crippen molar-refractivity contribution in [2.75, 3.05) is 26.0 Å². The fourth-order valence-corrected chi connectivity index (χ4v) is 3.30. The van der Waals surface area contributed by atoms with Crippen molar-refractivity contribution in [2.24, 2.45) is 11.7 Å². The molecule has 0 saturated carbocycles. The van der Waals surface area contributed by atoms with E-state index >= 15 is 0 Å². The zero-order valence-corrected chi connectivity index (χ0v) is 27.5. The molecule has 3 N–H and O–H groups in total. The molecule has 0 atom stereocenters. The number of nitrogens with zero attached hydrogens (tertiary/aromatic N) is 3. The first-order valence-electron chi connectivity index (χ1n) is 14.4. The van der Waals surface area contributed by atoms with Crippen LogP contribution >= 0.6 is 0 Å². The summed E-state index contributed by atoms with van der Waals surface area (Å²) < 4.78 is 0. The van der Waals surface area contributed by atoms with Gasteiger partial charge in [0.2, 0.25) is 5.95 Å². The number of nitrogens with two attached hydrogens (primary N) is 1. The summed E-state index contributed by atoms with van der Waals surface area (Å²) in [5.74, 6) is 1.37. The normalized spacial score (nSPS) is 12.2. The highest BCUT2D eigenvalue weighted by atomic mass is 15.1. The van der Waals surface area contributed by atoms with Crippen molar-refractivity contribution in [3.05, 3.63) is 113 Å². The van der Waals surface area contributed by atoms with E-state index in [9.17, 15) is 0 Å². The van der Waals surface area contributed by atoms with Crippen molar-refractivity contribution in [1.29, 1.82) is 0 Å². The third-order valence-electron chi connectivity index (χ3n) is 5.22. The van der Waals surface area contributed by atoms with E-state index in [1.807, 2.05) is 63.3 Å². The fourth-order valence-electron chi connectivity index (χ4n) is 3.30. The topological polar surface area (TPSA) is 67.1 Å². The standard InChI is InChI=1S/C22H26N4.C10H19N.C4H10/c1-6-18(10-7-15(2)3)21(23)17(5)20-13-14-24-22(26-20)25-19-11-8-16(4)9-12-19;1-5-7-10(8-6-2)9-11(3)4;1-4(2)3/h6-14H,1,23H2,2-5H3,(H,24,25,26);5,7-8H,6,9H2,1-4H3;4H,1-3H3/b18-10+,21-17+;7-5-,10-8+;. The summed E-state index contributed by atoms with van der Waals surface area (Å²) in [6.45, 7) is 23.7. The van der Waals surface area contributed by atoms with Gasteiger partial charge in [0, 0.05) is 24.1 Å². The predicted molar refractivity (Wildman–Crippen MR) is 183 cm³/mol. The lowest BCUT2D eigenvalue weighted by atomic mass is 10.0. The number of hydrogen-bond acceptors (Lipinski definition) is 5. The average molecular weight is 558 g/mol. The Morgan fingerprint density at radius 3 is 2.15 bits per heavy atom. The molecule has 5 heteroatoms. The highest BCUT2D eigenvalue weighted by Gasteiger charge is 2.08. The number of aromatic nitrogens is 2. The molecule has 1 aromatic carbocycles. The van der Waals surface area contributed by atoms with Gasteiger partial charge in [-0.1, -0.05) is 94.0 Å². The lowest BCUT2D eigenvalue weighted by molar-refractivity contribution is 0.448. The zero-order valence-electron chi connectivity index (χ0n) is 27.5. The van der Waals surface area contributed by atoms with E-state index in [1.165, 1.54) is 16.7 Å². The Labute approximate surface area is 251 Å². The molecule has 0 saturated heterocycles. The van der Waals surface area contributed by atoms with Crippen LogP contribution in [0.2, 0.25) is 0 Å². The first kappa shape index (κ1) is 37.3. The van der Waals surface area contributed by atoms with Gasteiger partial charge in [-0.2, -0.15) is 0 Å². The molecule has 0 aliphatic rings. The quantitative estimate of drug-likeness (QED) is 0.285.